The van der Waals surface area contributed by atoms with Crippen LogP contribution in [0, 0.1) is 5.92 Å². The molecule has 1 aliphatic heterocycles. The van der Waals surface area contributed by atoms with Crippen LogP contribution < -0.4 is 11.1 Å². The number of nitrogens with one attached hydrogen (secondary N) is 1. The van der Waals surface area contributed by atoms with Crippen molar-refractivity contribution in [2.24, 2.45) is 16.6 Å². The molecule has 3 N–H and O–H groups in total. The molecule has 136 valence electrons. The number of halogens is 1. The van der Waals surface area contributed by atoms with Crippen molar-refractivity contribution in [2.75, 3.05) is 38.6 Å². The number of ether oxygens (including phenoxy) is 1. The summed E-state index contributed by atoms with van der Waals surface area (Å²) >= 11 is 0. The average molecular weight is 446 g/mol. The van der Waals surface area contributed by atoms with E-state index in [1.54, 1.807) is 7.11 Å². The molecule has 24 heavy (non-hydrogen) atoms. The first-order valence-corrected chi connectivity index (χ1v) is 8.59. The van der Waals surface area contributed by atoms with Crippen molar-refractivity contribution in [1.29, 1.82) is 0 Å². The van der Waals surface area contributed by atoms with E-state index in [0.717, 1.165) is 17.8 Å². The third kappa shape index (κ3) is 6.94. The molecule has 1 fully saturated rings. The highest BCUT2D eigenvalue weighted by Crippen LogP contribution is 2.18. The molecule has 2 rings (SSSR count). The van der Waals surface area contributed by atoms with Crippen molar-refractivity contribution < 1.29 is 4.74 Å². The van der Waals surface area contributed by atoms with Gasteiger partial charge in [0.1, 0.15) is 0 Å². The standard InChI is InChI=1S/C18H30N4O.HI/c1-3-10-22-11-8-15(9-12-22)13-20-18(19)21-17-7-5-4-6-16(17)14-23-2;/h4-7,15H,3,8-14H2,1-2H3,(H3,19,20,21);1H. The topological polar surface area (TPSA) is 62.9 Å². The van der Waals surface area contributed by atoms with E-state index >= 15 is 0 Å². The minimum Gasteiger partial charge on any atom is -0.380 e. The van der Waals surface area contributed by atoms with E-state index in [0.29, 0.717) is 18.5 Å². The molecule has 1 aromatic rings. The number of anilines is 1. The molecule has 0 unspecified atom stereocenters. The Bertz CT molecular complexity index is 502. The molecular formula is C18H31IN4O. The average Bonchev–Trinajstić information content (AvgIpc) is 2.57. The van der Waals surface area contributed by atoms with E-state index in [1.807, 2.05) is 24.3 Å². The van der Waals surface area contributed by atoms with Gasteiger partial charge in [-0.3, -0.25) is 4.99 Å². The molecule has 1 heterocycles. The van der Waals surface area contributed by atoms with Crippen molar-refractivity contribution in [3.05, 3.63) is 29.8 Å². The van der Waals surface area contributed by atoms with Gasteiger partial charge in [0, 0.05) is 24.9 Å². The van der Waals surface area contributed by atoms with E-state index in [2.05, 4.69) is 22.1 Å². The second-order valence-electron chi connectivity index (χ2n) is 6.23. The Hall–Kier alpha value is -0.860. The molecule has 0 spiro atoms. The van der Waals surface area contributed by atoms with Gasteiger partial charge in [-0.1, -0.05) is 25.1 Å². The minimum atomic E-state index is 0. The largest absolute Gasteiger partial charge is 0.380 e. The van der Waals surface area contributed by atoms with Crippen LogP contribution in [0.4, 0.5) is 5.69 Å². The van der Waals surface area contributed by atoms with Crippen LogP contribution in [0.15, 0.2) is 29.3 Å². The van der Waals surface area contributed by atoms with Gasteiger partial charge in [0.2, 0.25) is 0 Å². The number of nitrogens with two attached hydrogens (primary N) is 1. The number of hydrogen-bond acceptors (Lipinski definition) is 3. The predicted molar refractivity (Wildman–Crippen MR) is 112 cm³/mol. The highest BCUT2D eigenvalue weighted by atomic mass is 127. The molecule has 6 heteroatoms. The van der Waals surface area contributed by atoms with Gasteiger partial charge in [-0.15, -0.1) is 24.0 Å². The first-order valence-electron chi connectivity index (χ1n) is 8.59. The number of aliphatic imine (C=N–C) groups is 1. The number of nitrogens with zero attached hydrogens (tertiary/aromatic N) is 2. The lowest BCUT2D eigenvalue weighted by molar-refractivity contribution is 0.185. The van der Waals surface area contributed by atoms with Crippen LogP contribution in [0.5, 0.6) is 0 Å². The maximum absolute atomic E-state index is 6.05. The van der Waals surface area contributed by atoms with Gasteiger partial charge in [0.25, 0.3) is 0 Å². The molecule has 0 atom stereocenters. The lowest BCUT2D eigenvalue weighted by Gasteiger charge is -2.30. The first kappa shape index (κ1) is 21.2. The van der Waals surface area contributed by atoms with Gasteiger partial charge >= 0.3 is 0 Å². The summed E-state index contributed by atoms with van der Waals surface area (Å²) in [5.74, 6) is 1.14. The fraction of sp³-hybridized carbons (Fsp3) is 0.611. The summed E-state index contributed by atoms with van der Waals surface area (Å²) < 4.78 is 5.21. The first-order chi connectivity index (χ1) is 11.2. The quantitative estimate of drug-likeness (QED) is 0.383. The van der Waals surface area contributed by atoms with Gasteiger partial charge < -0.3 is 20.7 Å². The van der Waals surface area contributed by atoms with Gasteiger partial charge in [-0.05, 0) is 50.9 Å². The Morgan fingerprint density at radius 3 is 2.71 bits per heavy atom. The number of benzene rings is 1. The van der Waals surface area contributed by atoms with Crippen LogP contribution in [0.1, 0.15) is 31.7 Å². The second kappa shape index (κ2) is 11.7. The molecular weight excluding hydrogens is 415 g/mol. The Morgan fingerprint density at radius 1 is 1.33 bits per heavy atom. The minimum absolute atomic E-state index is 0. The van der Waals surface area contributed by atoms with E-state index in [9.17, 15) is 0 Å². The lowest BCUT2D eigenvalue weighted by atomic mass is 9.97. The van der Waals surface area contributed by atoms with Crippen LogP contribution in [0.3, 0.4) is 0 Å². The van der Waals surface area contributed by atoms with Crippen molar-refractivity contribution in [3.8, 4) is 0 Å². The number of hydrogen-bond donors (Lipinski definition) is 2. The van der Waals surface area contributed by atoms with E-state index in [4.69, 9.17) is 10.5 Å². The van der Waals surface area contributed by atoms with Crippen LogP contribution >= 0.6 is 24.0 Å². The zero-order valence-corrected chi connectivity index (χ0v) is 17.2. The summed E-state index contributed by atoms with van der Waals surface area (Å²) in [7, 11) is 1.69. The van der Waals surface area contributed by atoms with Crippen molar-refractivity contribution in [1.82, 2.24) is 4.90 Å². The zero-order chi connectivity index (χ0) is 16.5. The molecule has 1 saturated heterocycles. The molecule has 0 saturated carbocycles. The predicted octanol–water partition coefficient (Wildman–Crippen LogP) is 3.30. The SMILES string of the molecule is CCCN1CCC(CN=C(N)Nc2ccccc2COC)CC1.I. The Balaban J connectivity index is 0.00000288. The number of methoxy groups -OCH3 is 1. The summed E-state index contributed by atoms with van der Waals surface area (Å²) in [4.78, 5) is 7.08. The summed E-state index contributed by atoms with van der Waals surface area (Å²) in [5, 5.41) is 3.20. The fourth-order valence-corrected chi connectivity index (χ4v) is 3.04. The molecule has 0 aliphatic carbocycles. The summed E-state index contributed by atoms with van der Waals surface area (Å²) in [5.41, 5.74) is 8.10. The summed E-state index contributed by atoms with van der Waals surface area (Å²) in [6.45, 7) is 7.22. The van der Waals surface area contributed by atoms with Crippen LogP contribution in [0.25, 0.3) is 0 Å². The van der Waals surface area contributed by atoms with Crippen molar-refractivity contribution in [3.63, 3.8) is 0 Å². The van der Waals surface area contributed by atoms with Gasteiger partial charge in [0.05, 0.1) is 6.61 Å². The normalized spacial score (nSPS) is 16.7. The fourth-order valence-electron chi connectivity index (χ4n) is 3.04. The third-order valence-corrected chi connectivity index (χ3v) is 4.35. The zero-order valence-electron chi connectivity index (χ0n) is 14.8. The van der Waals surface area contributed by atoms with Crippen LogP contribution in [-0.2, 0) is 11.3 Å². The maximum atomic E-state index is 6.05. The molecule has 1 aliphatic rings. The number of para-hydroxylation sites is 1. The van der Waals surface area contributed by atoms with Crippen molar-refractivity contribution in [2.45, 2.75) is 32.8 Å². The van der Waals surface area contributed by atoms with E-state index in [1.165, 1.54) is 38.9 Å². The van der Waals surface area contributed by atoms with E-state index < -0.39 is 0 Å². The molecule has 1 aromatic carbocycles. The van der Waals surface area contributed by atoms with E-state index in [-0.39, 0.29) is 24.0 Å². The molecule has 5 nitrogen and oxygen atoms in total. The van der Waals surface area contributed by atoms with Gasteiger partial charge in [0.15, 0.2) is 5.96 Å². The Kier molecular flexibility index (Phi) is 10.3. The Morgan fingerprint density at radius 2 is 2.04 bits per heavy atom. The monoisotopic (exact) mass is 446 g/mol. The van der Waals surface area contributed by atoms with Crippen LogP contribution in [-0.4, -0.2) is 44.1 Å². The number of guanidine groups is 1. The highest BCUT2D eigenvalue weighted by molar-refractivity contribution is 14.0. The van der Waals surface area contributed by atoms with Gasteiger partial charge in [-0.2, -0.15) is 0 Å². The molecule has 0 aromatic heterocycles. The van der Waals surface area contributed by atoms with Crippen molar-refractivity contribution >= 4 is 35.6 Å². The second-order valence-corrected chi connectivity index (χ2v) is 6.23. The third-order valence-electron chi connectivity index (χ3n) is 4.35. The van der Waals surface area contributed by atoms with Gasteiger partial charge in [-0.25, -0.2) is 0 Å². The molecule has 0 amide bonds. The summed E-state index contributed by atoms with van der Waals surface area (Å²) in [6, 6.07) is 8.01. The Labute approximate surface area is 163 Å². The number of rotatable bonds is 7. The smallest absolute Gasteiger partial charge is 0.193 e. The lowest BCUT2D eigenvalue weighted by Crippen LogP contribution is -2.35. The summed E-state index contributed by atoms with van der Waals surface area (Å²) in [6.07, 6.45) is 3.68. The molecule has 0 radical (unpaired) electrons. The highest BCUT2D eigenvalue weighted by Gasteiger charge is 2.18. The maximum Gasteiger partial charge on any atom is 0.193 e. The number of likely N-dealkylation sites (tertiary alicyclic amines) is 1. The molecule has 0 bridgehead atoms. The van der Waals surface area contributed by atoms with Crippen LogP contribution in [0.2, 0.25) is 0 Å². The number of piperidine rings is 1.